The molecule has 5 heteroatoms. The molecule has 2 aromatic rings. The van der Waals surface area contributed by atoms with E-state index in [1.54, 1.807) is 24.3 Å². The van der Waals surface area contributed by atoms with Gasteiger partial charge < -0.3 is 5.32 Å². The first-order valence-corrected chi connectivity index (χ1v) is 7.22. The summed E-state index contributed by atoms with van der Waals surface area (Å²) in [6.07, 6.45) is 3.52. The Morgan fingerprint density at radius 3 is 2.26 bits per heavy atom. The van der Waals surface area contributed by atoms with Gasteiger partial charge in [0.15, 0.2) is 0 Å². The Bertz CT molecular complexity index is 734. The Balaban J connectivity index is 2.39. The van der Waals surface area contributed by atoms with Crippen molar-refractivity contribution in [3.63, 3.8) is 0 Å². The van der Waals surface area contributed by atoms with Crippen LogP contribution in [-0.4, -0.2) is 18.1 Å². The number of carbonyl (C=O) groups excluding carboxylic acids is 1. The number of aryl methyl sites for hydroxylation is 2. The average molecular weight is 313 g/mol. The minimum Gasteiger partial charge on any atom is -0.306 e. The van der Waals surface area contributed by atoms with Crippen molar-refractivity contribution < 1.29 is 9.18 Å². The molecule has 4 nitrogen and oxygen atoms in total. The van der Waals surface area contributed by atoms with E-state index in [0.29, 0.717) is 11.3 Å². The maximum Gasteiger partial charge on any atom is 0.335 e. The molecule has 2 amide bonds. The molecule has 0 atom stereocenters. The molecule has 23 heavy (non-hydrogen) atoms. The van der Waals surface area contributed by atoms with Crippen molar-refractivity contribution in [1.82, 2.24) is 5.01 Å². The van der Waals surface area contributed by atoms with Gasteiger partial charge in [-0.3, -0.25) is 5.01 Å². The Hall–Kier alpha value is -2.66. The van der Waals surface area contributed by atoms with Crippen molar-refractivity contribution in [2.45, 2.75) is 13.8 Å². The van der Waals surface area contributed by atoms with Gasteiger partial charge in [0.1, 0.15) is 5.82 Å². The number of hydrogen-bond acceptors (Lipinski definition) is 2. The quantitative estimate of drug-likeness (QED) is 0.390. The van der Waals surface area contributed by atoms with E-state index in [1.165, 1.54) is 13.1 Å². The number of halogens is 1. The van der Waals surface area contributed by atoms with Crippen molar-refractivity contribution in [1.29, 1.82) is 0 Å². The standard InChI is InChI=1S/C18H20FN3O/c1-12-6-4-8-16(19)14(12)10-11-15-13(2)7-5-9-17(15)21-18(23)22(3)20/h4-11H,20H2,1-3H3,(H,21,23)/b11-10+. The second kappa shape index (κ2) is 7.07. The molecule has 3 N–H and O–H groups in total. The minimum atomic E-state index is -0.424. The third kappa shape index (κ3) is 3.96. The molecule has 0 heterocycles. The van der Waals surface area contributed by atoms with Crippen LogP contribution >= 0.6 is 0 Å². The highest BCUT2D eigenvalue weighted by atomic mass is 19.1. The maximum absolute atomic E-state index is 13.9. The van der Waals surface area contributed by atoms with E-state index in [0.717, 1.165) is 21.7 Å². The van der Waals surface area contributed by atoms with Crippen LogP contribution in [0.4, 0.5) is 14.9 Å². The van der Waals surface area contributed by atoms with Gasteiger partial charge in [-0.05, 0) is 37.1 Å². The molecule has 2 aromatic carbocycles. The summed E-state index contributed by atoms with van der Waals surface area (Å²) in [6, 6.07) is 10.1. The molecule has 0 aliphatic heterocycles. The van der Waals surface area contributed by atoms with Crippen molar-refractivity contribution in [2.24, 2.45) is 5.84 Å². The van der Waals surface area contributed by atoms with E-state index in [9.17, 15) is 9.18 Å². The molecule has 0 aromatic heterocycles. The zero-order valence-electron chi connectivity index (χ0n) is 13.4. The van der Waals surface area contributed by atoms with Gasteiger partial charge in [-0.2, -0.15) is 0 Å². The molecular formula is C18H20FN3O. The summed E-state index contributed by atoms with van der Waals surface area (Å²) in [6.45, 7) is 3.78. The van der Waals surface area contributed by atoms with Gasteiger partial charge in [0.05, 0.1) is 0 Å². The fourth-order valence-electron chi connectivity index (χ4n) is 2.24. The van der Waals surface area contributed by atoms with Gasteiger partial charge in [-0.15, -0.1) is 0 Å². The zero-order valence-corrected chi connectivity index (χ0v) is 13.4. The highest BCUT2D eigenvalue weighted by Gasteiger charge is 2.09. The van der Waals surface area contributed by atoms with E-state index in [4.69, 9.17) is 5.84 Å². The Labute approximate surface area is 135 Å². The van der Waals surface area contributed by atoms with E-state index < -0.39 is 6.03 Å². The summed E-state index contributed by atoms with van der Waals surface area (Å²) in [5, 5.41) is 3.70. The summed E-state index contributed by atoms with van der Waals surface area (Å²) in [4.78, 5) is 11.8. The maximum atomic E-state index is 13.9. The van der Waals surface area contributed by atoms with E-state index in [2.05, 4.69) is 5.32 Å². The van der Waals surface area contributed by atoms with Gasteiger partial charge >= 0.3 is 6.03 Å². The first-order chi connectivity index (χ1) is 10.9. The molecule has 0 unspecified atom stereocenters. The number of rotatable bonds is 3. The second-order valence-electron chi connectivity index (χ2n) is 5.38. The van der Waals surface area contributed by atoms with Crippen LogP contribution in [0.5, 0.6) is 0 Å². The van der Waals surface area contributed by atoms with Crippen LogP contribution in [0.25, 0.3) is 12.2 Å². The molecule has 0 radical (unpaired) electrons. The molecule has 0 bridgehead atoms. The average Bonchev–Trinajstić information content (AvgIpc) is 2.48. The van der Waals surface area contributed by atoms with Crippen LogP contribution in [0.15, 0.2) is 36.4 Å². The van der Waals surface area contributed by atoms with Gasteiger partial charge in [0.2, 0.25) is 0 Å². The summed E-state index contributed by atoms with van der Waals surface area (Å²) in [5.41, 5.74) is 3.78. The molecule has 0 aliphatic rings. The fourth-order valence-corrected chi connectivity index (χ4v) is 2.24. The number of benzene rings is 2. The minimum absolute atomic E-state index is 0.276. The number of nitrogens with two attached hydrogens (primary N) is 1. The van der Waals surface area contributed by atoms with Crippen LogP contribution in [0.1, 0.15) is 22.3 Å². The van der Waals surface area contributed by atoms with Crippen molar-refractivity contribution in [3.05, 3.63) is 64.5 Å². The number of nitrogens with zero attached hydrogens (tertiary/aromatic N) is 1. The lowest BCUT2D eigenvalue weighted by Crippen LogP contribution is -2.37. The number of amides is 2. The first kappa shape index (κ1) is 16.7. The highest BCUT2D eigenvalue weighted by molar-refractivity contribution is 5.92. The van der Waals surface area contributed by atoms with Crippen LogP contribution in [0.2, 0.25) is 0 Å². The normalized spacial score (nSPS) is 10.8. The van der Waals surface area contributed by atoms with E-state index in [-0.39, 0.29) is 5.82 Å². The van der Waals surface area contributed by atoms with E-state index in [1.807, 2.05) is 32.0 Å². The summed E-state index contributed by atoms with van der Waals surface area (Å²) in [7, 11) is 1.46. The van der Waals surface area contributed by atoms with Crippen LogP contribution < -0.4 is 11.2 Å². The van der Waals surface area contributed by atoms with Gasteiger partial charge in [-0.25, -0.2) is 15.0 Å². The van der Waals surface area contributed by atoms with Crippen molar-refractivity contribution >= 4 is 23.9 Å². The molecule has 0 fully saturated rings. The number of nitrogens with one attached hydrogen (secondary N) is 1. The monoisotopic (exact) mass is 313 g/mol. The smallest absolute Gasteiger partial charge is 0.306 e. The third-order valence-corrected chi connectivity index (χ3v) is 3.57. The van der Waals surface area contributed by atoms with Gasteiger partial charge in [0.25, 0.3) is 0 Å². The molecule has 0 saturated carbocycles. The lowest BCUT2D eigenvalue weighted by molar-refractivity contribution is 0.223. The predicted molar refractivity (Wildman–Crippen MR) is 92.2 cm³/mol. The number of hydrazine groups is 1. The highest BCUT2D eigenvalue weighted by Crippen LogP contribution is 2.24. The first-order valence-electron chi connectivity index (χ1n) is 7.22. The van der Waals surface area contributed by atoms with Crippen LogP contribution in [-0.2, 0) is 0 Å². The van der Waals surface area contributed by atoms with Crippen molar-refractivity contribution in [2.75, 3.05) is 12.4 Å². The van der Waals surface area contributed by atoms with Gasteiger partial charge in [0, 0.05) is 23.9 Å². The Morgan fingerprint density at radius 2 is 1.65 bits per heavy atom. The molecular weight excluding hydrogens is 293 g/mol. The number of anilines is 1. The number of carbonyl (C=O) groups is 1. The lowest BCUT2D eigenvalue weighted by atomic mass is 10.0. The topological polar surface area (TPSA) is 58.4 Å². The van der Waals surface area contributed by atoms with Crippen LogP contribution in [0, 0.1) is 19.7 Å². The summed E-state index contributed by atoms with van der Waals surface area (Å²) < 4.78 is 13.9. The zero-order chi connectivity index (χ0) is 17.0. The second-order valence-corrected chi connectivity index (χ2v) is 5.38. The van der Waals surface area contributed by atoms with Crippen LogP contribution in [0.3, 0.4) is 0 Å². The number of urea groups is 1. The summed E-state index contributed by atoms with van der Waals surface area (Å²) >= 11 is 0. The molecule has 120 valence electrons. The fraction of sp³-hybridized carbons (Fsp3) is 0.167. The molecule has 2 rings (SSSR count). The third-order valence-electron chi connectivity index (χ3n) is 3.57. The summed E-state index contributed by atoms with van der Waals surface area (Å²) in [5.74, 6) is 5.15. The van der Waals surface area contributed by atoms with Crippen molar-refractivity contribution in [3.8, 4) is 0 Å². The Kier molecular flexibility index (Phi) is 5.13. The largest absolute Gasteiger partial charge is 0.335 e. The Morgan fingerprint density at radius 1 is 1.09 bits per heavy atom. The lowest BCUT2D eigenvalue weighted by Gasteiger charge is -2.15. The van der Waals surface area contributed by atoms with E-state index >= 15 is 0 Å². The molecule has 0 saturated heterocycles. The van der Waals surface area contributed by atoms with Gasteiger partial charge in [-0.1, -0.05) is 36.4 Å². The SMILES string of the molecule is Cc1cccc(F)c1/C=C/c1c(C)cccc1NC(=O)N(C)N. The predicted octanol–water partition coefficient (Wildman–Crippen LogP) is 3.95. The molecule has 0 spiro atoms. The molecule has 0 aliphatic carbocycles. The number of hydrogen-bond donors (Lipinski definition) is 2.